The summed E-state index contributed by atoms with van der Waals surface area (Å²) in [5, 5.41) is 13.0. The monoisotopic (exact) mass is 316 g/mol. The molecule has 0 aromatic rings. The first-order valence-electron chi connectivity index (χ1n) is 7.57. The van der Waals surface area contributed by atoms with E-state index in [1.165, 1.54) is 0 Å². The highest BCUT2D eigenvalue weighted by Crippen LogP contribution is 2.57. The van der Waals surface area contributed by atoms with Crippen molar-refractivity contribution in [1.29, 1.82) is 0 Å². The van der Waals surface area contributed by atoms with Crippen molar-refractivity contribution in [3.63, 3.8) is 0 Å². The minimum absolute atomic E-state index is 0.0636. The second kappa shape index (κ2) is 5.72. The highest BCUT2D eigenvalue weighted by molar-refractivity contribution is 7.98. The second-order valence-electron chi connectivity index (χ2n) is 7.24. The fraction of sp³-hybridized carbons (Fsp3) is 0.933. The molecule has 2 aliphatic rings. The van der Waals surface area contributed by atoms with Gasteiger partial charge in [-0.15, -0.1) is 0 Å². The number of amides is 1. The zero-order valence-electron chi connectivity index (χ0n) is 13.4. The quantitative estimate of drug-likeness (QED) is 0.697. The third-order valence-electron chi connectivity index (χ3n) is 5.15. The van der Waals surface area contributed by atoms with Crippen molar-refractivity contribution in [2.75, 3.05) is 25.2 Å². The van der Waals surface area contributed by atoms with E-state index in [0.29, 0.717) is 5.75 Å². The van der Waals surface area contributed by atoms with E-state index in [0.717, 1.165) is 19.4 Å². The minimum Gasteiger partial charge on any atom is -0.387 e. The Morgan fingerprint density at radius 1 is 1.57 bits per heavy atom. The molecule has 2 fully saturated rings. The van der Waals surface area contributed by atoms with E-state index >= 15 is 0 Å². The summed E-state index contributed by atoms with van der Waals surface area (Å²) in [7, 11) is 0. The van der Waals surface area contributed by atoms with Crippen LogP contribution in [0.5, 0.6) is 0 Å². The van der Waals surface area contributed by atoms with Gasteiger partial charge < -0.3 is 20.9 Å². The molecule has 4 N–H and O–H groups in total. The van der Waals surface area contributed by atoms with Crippen molar-refractivity contribution < 1.29 is 14.6 Å². The lowest BCUT2D eigenvalue weighted by Gasteiger charge is -2.65. The van der Waals surface area contributed by atoms with Crippen LogP contribution in [0, 0.1) is 11.3 Å². The zero-order valence-corrected chi connectivity index (χ0v) is 14.3. The molecular weight excluding hydrogens is 288 g/mol. The fourth-order valence-electron chi connectivity index (χ4n) is 3.82. The fourth-order valence-corrected chi connectivity index (χ4v) is 4.54. The summed E-state index contributed by atoms with van der Waals surface area (Å²) < 4.78 is 5.81. The van der Waals surface area contributed by atoms with Crippen molar-refractivity contribution in [2.45, 2.75) is 50.9 Å². The zero-order chi connectivity index (χ0) is 15.9. The van der Waals surface area contributed by atoms with Gasteiger partial charge in [-0.2, -0.15) is 11.8 Å². The van der Waals surface area contributed by atoms with Crippen LogP contribution in [0.4, 0.5) is 0 Å². The van der Waals surface area contributed by atoms with Crippen LogP contribution in [-0.4, -0.2) is 53.4 Å². The number of nitrogens with two attached hydrogens (primary N) is 1. The number of fused-ring (bicyclic) bond motifs is 1. The normalized spacial score (nSPS) is 37.0. The number of ether oxygens (including phenoxy) is 1. The summed E-state index contributed by atoms with van der Waals surface area (Å²) in [6.07, 6.45) is 3.88. The molecule has 0 bridgehead atoms. The van der Waals surface area contributed by atoms with Crippen molar-refractivity contribution >= 4 is 17.7 Å². The maximum Gasteiger partial charge on any atom is 0.241 e. The van der Waals surface area contributed by atoms with Gasteiger partial charge in [0.25, 0.3) is 0 Å². The Balaban J connectivity index is 2.04. The van der Waals surface area contributed by atoms with E-state index in [4.69, 9.17) is 10.5 Å². The van der Waals surface area contributed by atoms with Gasteiger partial charge in [-0.1, -0.05) is 13.8 Å². The topological polar surface area (TPSA) is 84.6 Å². The van der Waals surface area contributed by atoms with Crippen molar-refractivity contribution in [3.8, 4) is 0 Å². The third kappa shape index (κ3) is 2.71. The Hall–Kier alpha value is -0.300. The molecule has 0 radical (unpaired) electrons. The van der Waals surface area contributed by atoms with Gasteiger partial charge in [-0.3, -0.25) is 4.79 Å². The standard InChI is InChI=1S/C15H28N2O3S/c1-13(2)11-10(6-5-7-20-11)15(13,16)12(18)17-8-14(3,19)9-21-4/h10-11,19H,5-9,16H2,1-4H3,(H,17,18). The number of thioether (sulfide) groups is 1. The molecule has 0 spiro atoms. The molecule has 122 valence electrons. The second-order valence-corrected chi connectivity index (χ2v) is 8.11. The minimum atomic E-state index is -0.915. The van der Waals surface area contributed by atoms with Gasteiger partial charge in [-0.05, 0) is 26.0 Å². The summed E-state index contributed by atoms with van der Waals surface area (Å²) in [4.78, 5) is 12.7. The molecule has 4 unspecified atom stereocenters. The molecule has 4 atom stereocenters. The number of aliphatic hydroxyl groups is 1. The molecule has 0 aromatic carbocycles. The SMILES string of the molecule is CSCC(C)(O)CNC(=O)C1(N)C2CCCOC2C1(C)C. The molecule has 1 aliphatic carbocycles. The first-order valence-corrected chi connectivity index (χ1v) is 8.96. The Labute approximate surface area is 131 Å². The highest BCUT2D eigenvalue weighted by atomic mass is 32.2. The molecular formula is C15H28N2O3S. The molecule has 21 heavy (non-hydrogen) atoms. The lowest BCUT2D eigenvalue weighted by atomic mass is 9.46. The van der Waals surface area contributed by atoms with Crippen LogP contribution >= 0.6 is 11.8 Å². The number of nitrogens with one attached hydrogen (secondary N) is 1. The molecule has 6 heteroatoms. The van der Waals surface area contributed by atoms with Gasteiger partial charge in [0.1, 0.15) is 5.54 Å². The maximum atomic E-state index is 12.7. The van der Waals surface area contributed by atoms with Crippen LogP contribution in [-0.2, 0) is 9.53 Å². The molecule has 1 aliphatic heterocycles. The number of carbonyl (C=O) groups excluding carboxylic acids is 1. The van der Waals surface area contributed by atoms with Crippen LogP contribution < -0.4 is 11.1 Å². The summed E-state index contributed by atoms with van der Waals surface area (Å²) in [6.45, 7) is 6.70. The molecule has 0 aromatic heterocycles. The smallest absolute Gasteiger partial charge is 0.241 e. The maximum absolute atomic E-state index is 12.7. The Morgan fingerprint density at radius 3 is 2.86 bits per heavy atom. The molecule has 1 heterocycles. The van der Waals surface area contributed by atoms with E-state index in [1.807, 2.05) is 20.1 Å². The van der Waals surface area contributed by atoms with Crippen molar-refractivity contribution in [1.82, 2.24) is 5.32 Å². The van der Waals surface area contributed by atoms with Gasteiger partial charge in [0.05, 0.1) is 11.7 Å². The summed E-state index contributed by atoms with van der Waals surface area (Å²) in [6, 6.07) is 0. The lowest BCUT2D eigenvalue weighted by Crippen LogP contribution is -2.82. The molecule has 1 saturated carbocycles. The van der Waals surface area contributed by atoms with Crippen molar-refractivity contribution in [2.24, 2.45) is 17.1 Å². The van der Waals surface area contributed by atoms with Crippen LogP contribution in [0.25, 0.3) is 0 Å². The van der Waals surface area contributed by atoms with Crippen molar-refractivity contribution in [3.05, 3.63) is 0 Å². The number of carbonyl (C=O) groups is 1. The van der Waals surface area contributed by atoms with E-state index in [1.54, 1.807) is 18.7 Å². The van der Waals surface area contributed by atoms with Crippen LogP contribution in [0.15, 0.2) is 0 Å². The van der Waals surface area contributed by atoms with Gasteiger partial charge in [-0.25, -0.2) is 0 Å². The van der Waals surface area contributed by atoms with Crippen LogP contribution in [0.3, 0.4) is 0 Å². The van der Waals surface area contributed by atoms with Crippen LogP contribution in [0.2, 0.25) is 0 Å². The van der Waals surface area contributed by atoms with E-state index < -0.39 is 11.1 Å². The van der Waals surface area contributed by atoms with Gasteiger partial charge in [0.15, 0.2) is 0 Å². The summed E-state index contributed by atoms with van der Waals surface area (Å²) in [5.74, 6) is 0.482. The average molecular weight is 316 g/mol. The number of rotatable bonds is 5. The molecule has 5 nitrogen and oxygen atoms in total. The molecule has 1 saturated heterocycles. The largest absolute Gasteiger partial charge is 0.387 e. The average Bonchev–Trinajstić information content (AvgIpc) is 2.44. The summed E-state index contributed by atoms with van der Waals surface area (Å²) in [5.41, 5.74) is 4.30. The highest BCUT2D eigenvalue weighted by Gasteiger charge is 2.70. The van der Waals surface area contributed by atoms with E-state index in [2.05, 4.69) is 5.32 Å². The first-order chi connectivity index (χ1) is 9.67. The predicted octanol–water partition coefficient (Wildman–Crippen LogP) is 0.749. The Morgan fingerprint density at radius 2 is 2.24 bits per heavy atom. The Kier molecular flexibility index (Phi) is 4.65. The lowest BCUT2D eigenvalue weighted by molar-refractivity contribution is -0.225. The van der Waals surface area contributed by atoms with E-state index in [-0.39, 0.29) is 29.9 Å². The summed E-state index contributed by atoms with van der Waals surface area (Å²) >= 11 is 1.55. The Bertz CT molecular complexity index is 414. The number of hydrogen-bond acceptors (Lipinski definition) is 5. The first kappa shape index (κ1) is 17.1. The third-order valence-corrected chi connectivity index (χ3v) is 6.06. The van der Waals surface area contributed by atoms with E-state index in [9.17, 15) is 9.90 Å². The van der Waals surface area contributed by atoms with Crippen LogP contribution in [0.1, 0.15) is 33.6 Å². The molecule has 1 amide bonds. The molecule has 2 rings (SSSR count). The van der Waals surface area contributed by atoms with Gasteiger partial charge >= 0.3 is 0 Å². The number of hydrogen-bond donors (Lipinski definition) is 3. The van der Waals surface area contributed by atoms with Gasteiger partial charge in [0, 0.05) is 30.2 Å². The predicted molar refractivity (Wildman–Crippen MR) is 85.2 cm³/mol. The van der Waals surface area contributed by atoms with Gasteiger partial charge in [0.2, 0.25) is 5.91 Å².